The van der Waals surface area contributed by atoms with Crippen LogP contribution < -0.4 is 15.5 Å². The third kappa shape index (κ3) is 3.54. The van der Waals surface area contributed by atoms with Gasteiger partial charge in [0, 0.05) is 11.4 Å². The van der Waals surface area contributed by atoms with Crippen molar-refractivity contribution in [3.05, 3.63) is 72.4 Å². The van der Waals surface area contributed by atoms with Gasteiger partial charge in [-0.1, -0.05) is 24.8 Å². The van der Waals surface area contributed by atoms with Crippen molar-refractivity contribution in [2.24, 2.45) is 5.92 Å². The molecule has 0 spiro atoms. The van der Waals surface area contributed by atoms with Gasteiger partial charge < -0.3 is 10.4 Å². The van der Waals surface area contributed by atoms with Gasteiger partial charge in [0.25, 0.3) is 5.91 Å². The number of nitrogens with zero attached hydrogens (tertiary/aromatic N) is 1. The summed E-state index contributed by atoms with van der Waals surface area (Å²) in [5.74, 6) is -3.90. The lowest BCUT2D eigenvalue weighted by Gasteiger charge is -2.31. The van der Waals surface area contributed by atoms with Gasteiger partial charge in [0.15, 0.2) is 5.92 Å². The van der Waals surface area contributed by atoms with E-state index in [9.17, 15) is 19.2 Å². The minimum absolute atomic E-state index is 0.0639. The number of benzene rings is 2. The molecule has 1 aliphatic heterocycles. The lowest BCUT2D eigenvalue weighted by molar-refractivity contribution is -0.132. The molecule has 3 N–H and O–H groups in total. The molecule has 0 bridgehead atoms. The monoisotopic (exact) mass is 365 g/mol. The lowest BCUT2D eigenvalue weighted by Crippen LogP contribution is -2.59. The van der Waals surface area contributed by atoms with Crippen LogP contribution in [0.25, 0.3) is 0 Å². The molecule has 3 rings (SSSR count). The maximum absolute atomic E-state index is 12.8. The zero-order valence-corrected chi connectivity index (χ0v) is 14.0. The highest BCUT2D eigenvalue weighted by atomic mass is 16.4. The zero-order chi connectivity index (χ0) is 19.6. The Bertz CT molecular complexity index is 938. The molecule has 2 aromatic rings. The number of carboxylic acids is 1. The topological polar surface area (TPSA) is 116 Å². The van der Waals surface area contributed by atoms with Gasteiger partial charge in [0.1, 0.15) is 0 Å². The number of hydrogen-bond acceptors (Lipinski definition) is 5. The van der Waals surface area contributed by atoms with Crippen molar-refractivity contribution in [1.82, 2.24) is 5.32 Å². The smallest absolute Gasteiger partial charge is 0.335 e. The van der Waals surface area contributed by atoms with E-state index in [1.165, 1.54) is 24.3 Å². The van der Waals surface area contributed by atoms with Crippen LogP contribution in [0.1, 0.15) is 10.4 Å². The minimum atomic E-state index is -1.32. The fraction of sp³-hybridized carbons (Fsp3) is 0.0526. The number of carbonyl (C=O) groups is 4. The van der Waals surface area contributed by atoms with E-state index in [1.807, 2.05) is 0 Å². The molecule has 0 radical (unpaired) electrons. The Hall–Kier alpha value is -3.94. The number of carbonyl (C=O) groups excluding carboxylic acids is 3. The van der Waals surface area contributed by atoms with Gasteiger partial charge in [0.2, 0.25) is 5.91 Å². The molecule has 1 heterocycles. The summed E-state index contributed by atoms with van der Waals surface area (Å²) in [4.78, 5) is 48.9. The van der Waals surface area contributed by atoms with E-state index in [4.69, 9.17) is 5.11 Å². The molecule has 4 amide bonds. The van der Waals surface area contributed by atoms with Crippen molar-refractivity contribution in [3.8, 4) is 0 Å². The maximum Gasteiger partial charge on any atom is 0.335 e. The number of urea groups is 1. The average molecular weight is 365 g/mol. The van der Waals surface area contributed by atoms with Crippen LogP contribution in [0, 0.1) is 5.92 Å². The van der Waals surface area contributed by atoms with Crippen LogP contribution in [0.5, 0.6) is 0 Å². The van der Waals surface area contributed by atoms with Gasteiger partial charge in [-0.3, -0.25) is 14.9 Å². The van der Waals surface area contributed by atoms with E-state index in [1.54, 1.807) is 30.3 Å². The molecule has 0 saturated carbocycles. The number of para-hydroxylation sites is 1. The van der Waals surface area contributed by atoms with E-state index in [0.717, 1.165) is 4.90 Å². The van der Waals surface area contributed by atoms with Gasteiger partial charge in [-0.15, -0.1) is 0 Å². The van der Waals surface area contributed by atoms with Crippen LogP contribution >= 0.6 is 0 Å². The molecule has 27 heavy (non-hydrogen) atoms. The highest BCUT2D eigenvalue weighted by molar-refractivity contribution is 6.28. The molecule has 8 nitrogen and oxygen atoms in total. The predicted octanol–water partition coefficient (Wildman–Crippen LogP) is 2.21. The number of amides is 4. The van der Waals surface area contributed by atoms with Gasteiger partial charge in [0.05, 0.1) is 11.3 Å². The minimum Gasteiger partial charge on any atom is -0.478 e. The number of anilines is 2. The van der Waals surface area contributed by atoms with E-state index in [2.05, 4.69) is 17.2 Å². The highest BCUT2D eigenvalue weighted by Crippen LogP contribution is 2.25. The molecule has 136 valence electrons. The van der Waals surface area contributed by atoms with Crippen molar-refractivity contribution >= 4 is 35.2 Å². The van der Waals surface area contributed by atoms with Crippen LogP contribution in [0.2, 0.25) is 0 Å². The van der Waals surface area contributed by atoms with Crippen LogP contribution in [0.3, 0.4) is 0 Å². The lowest BCUT2D eigenvalue weighted by atomic mass is 10.0. The van der Waals surface area contributed by atoms with Gasteiger partial charge in [-0.2, -0.15) is 0 Å². The molecule has 8 heteroatoms. The standard InChI is InChI=1S/C19H15N3O5/c1-11(20-13-9-7-12(8-10-13)18(25)26)15-16(23)21-19(27)22(17(15)24)14-5-3-2-4-6-14/h2-10,15,20H,1H2,(H,25,26)(H,21,23,27)/t15-/m0/s1. The summed E-state index contributed by atoms with van der Waals surface area (Å²) < 4.78 is 0. The summed E-state index contributed by atoms with van der Waals surface area (Å²) in [6.07, 6.45) is 0. The number of rotatable bonds is 5. The van der Waals surface area contributed by atoms with Crippen molar-refractivity contribution in [1.29, 1.82) is 0 Å². The number of nitrogens with one attached hydrogen (secondary N) is 2. The van der Waals surface area contributed by atoms with Crippen LogP contribution in [0.15, 0.2) is 66.9 Å². The van der Waals surface area contributed by atoms with Gasteiger partial charge in [-0.25, -0.2) is 14.5 Å². The molecule has 1 aliphatic rings. The van der Waals surface area contributed by atoms with Crippen molar-refractivity contribution < 1.29 is 24.3 Å². The Morgan fingerprint density at radius 3 is 2.26 bits per heavy atom. The first-order chi connectivity index (χ1) is 12.9. The molecule has 0 aliphatic carbocycles. The number of imide groups is 2. The second-order valence-corrected chi connectivity index (χ2v) is 5.77. The largest absolute Gasteiger partial charge is 0.478 e. The SMILES string of the molecule is C=C(Nc1ccc(C(=O)O)cc1)[C@H]1C(=O)NC(=O)N(c2ccccc2)C1=O. The predicted molar refractivity (Wildman–Crippen MR) is 97.1 cm³/mol. The Morgan fingerprint density at radius 1 is 1.04 bits per heavy atom. The third-order valence-corrected chi connectivity index (χ3v) is 3.96. The Morgan fingerprint density at radius 2 is 1.67 bits per heavy atom. The number of barbiturate groups is 1. The first kappa shape index (κ1) is 17.9. The van der Waals surface area contributed by atoms with E-state index in [0.29, 0.717) is 11.4 Å². The molecule has 1 saturated heterocycles. The maximum atomic E-state index is 12.8. The number of carboxylic acid groups (broad SMARTS) is 1. The van der Waals surface area contributed by atoms with Crippen molar-refractivity contribution in [3.63, 3.8) is 0 Å². The fourth-order valence-electron chi connectivity index (χ4n) is 2.66. The molecule has 1 atom stereocenters. The summed E-state index contributed by atoms with van der Waals surface area (Å²) in [7, 11) is 0. The number of hydrogen-bond donors (Lipinski definition) is 3. The summed E-state index contributed by atoms with van der Waals surface area (Å²) >= 11 is 0. The fourth-order valence-corrected chi connectivity index (χ4v) is 2.66. The quantitative estimate of drug-likeness (QED) is 0.700. The highest BCUT2D eigenvalue weighted by Gasteiger charge is 2.42. The molecular weight excluding hydrogens is 350 g/mol. The Kier molecular flexibility index (Phi) is 4.71. The Balaban J connectivity index is 1.82. The van der Waals surface area contributed by atoms with E-state index < -0.39 is 29.7 Å². The van der Waals surface area contributed by atoms with Crippen molar-refractivity contribution in [2.75, 3.05) is 10.2 Å². The zero-order valence-electron chi connectivity index (χ0n) is 14.0. The third-order valence-electron chi connectivity index (χ3n) is 3.96. The molecule has 2 aromatic carbocycles. The summed E-state index contributed by atoms with van der Waals surface area (Å²) in [6.45, 7) is 3.74. The summed E-state index contributed by atoms with van der Waals surface area (Å²) in [6, 6.07) is 13.1. The van der Waals surface area contributed by atoms with E-state index >= 15 is 0 Å². The van der Waals surface area contributed by atoms with Crippen LogP contribution in [-0.4, -0.2) is 28.9 Å². The van der Waals surface area contributed by atoms with Gasteiger partial charge >= 0.3 is 12.0 Å². The van der Waals surface area contributed by atoms with Crippen LogP contribution in [-0.2, 0) is 9.59 Å². The molecule has 0 aromatic heterocycles. The first-order valence-corrected chi connectivity index (χ1v) is 7.91. The normalized spacial score (nSPS) is 16.7. The van der Waals surface area contributed by atoms with E-state index in [-0.39, 0.29) is 11.3 Å². The molecular formula is C19H15N3O5. The van der Waals surface area contributed by atoms with Crippen LogP contribution in [0.4, 0.5) is 16.2 Å². The molecule has 0 unspecified atom stereocenters. The molecule has 1 fully saturated rings. The van der Waals surface area contributed by atoms with Crippen molar-refractivity contribution in [2.45, 2.75) is 0 Å². The first-order valence-electron chi connectivity index (χ1n) is 7.91. The average Bonchev–Trinajstić information content (AvgIpc) is 2.62. The second kappa shape index (κ2) is 7.12. The number of aromatic carboxylic acids is 1. The second-order valence-electron chi connectivity index (χ2n) is 5.77. The summed E-state index contributed by atoms with van der Waals surface area (Å²) in [5, 5.41) is 13.9. The Labute approximate surface area is 154 Å². The summed E-state index contributed by atoms with van der Waals surface area (Å²) in [5.41, 5.74) is 0.942. The van der Waals surface area contributed by atoms with Gasteiger partial charge in [-0.05, 0) is 36.4 Å².